The average Bonchev–Trinajstić information content (AvgIpc) is 2.30. The molecule has 0 aliphatic carbocycles. The van der Waals surface area contributed by atoms with Gasteiger partial charge in [0.2, 0.25) is 0 Å². The number of halogens is 4. The summed E-state index contributed by atoms with van der Waals surface area (Å²) in [6.45, 7) is 0.300. The van der Waals surface area contributed by atoms with Gasteiger partial charge in [-0.3, -0.25) is 0 Å². The number of hydrogen-bond donors (Lipinski definition) is 1. The molecule has 0 aliphatic rings. The molecule has 0 spiro atoms. The smallest absolute Gasteiger partial charge is 0.166 e. The lowest BCUT2D eigenvalue weighted by Gasteiger charge is -2.07. The number of pyridine rings is 1. The number of nitrogens with zero attached hydrogens (tertiary/aromatic N) is 1. The molecule has 0 amide bonds. The van der Waals surface area contributed by atoms with Crippen LogP contribution in [-0.2, 0) is 6.42 Å². The van der Waals surface area contributed by atoms with Gasteiger partial charge in [-0.05, 0) is 30.2 Å². The van der Waals surface area contributed by atoms with Crippen molar-refractivity contribution in [2.45, 2.75) is 6.42 Å². The fourth-order valence-electron chi connectivity index (χ4n) is 1.63. The van der Waals surface area contributed by atoms with Crippen molar-refractivity contribution >= 4 is 17.4 Å². The van der Waals surface area contributed by atoms with E-state index < -0.39 is 17.5 Å². The predicted molar refractivity (Wildman–Crippen MR) is 67.8 cm³/mol. The van der Waals surface area contributed by atoms with Crippen molar-refractivity contribution in [1.29, 1.82) is 0 Å². The molecule has 100 valence electrons. The van der Waals surface area contributed by atoms with E-state index in [0.717, 1.165) is 12.1 Å². The summed E-state index contributed by atoms with van der Waals surface area (Å²) in [5.41, 5.74) is 0.486. The number of aromatic nitrogens is 1. The highest BCUT2D eigenvalue weighted by Gasteiger charge is 2.05. The molecule has 1 heterocycles. The van der Waals surface area contributed by atoms with Crippen molar-refractivity contribution in [2.24, 2.45) is 0 Å². The Morgan fingerprint density at radius 3 is 2.37 bits per heavy atom. The number of benzene rings is 1. The molecular weight excluding hydrogens is 277 g/mol. The number of rotatable bonds is 4. The largest absolute Gasteiger partial charge is 0.367 e. The maximum atomic E-state index is 13.4. The van der Waals surface area contributed by atoms with Crippen molar-refractivity contribution in [1.82, 2.24) is 4.98 Å². The molecule has 0 saturated heterocycles. The van der Waals surface area contributed by atoms with E-state index in [1.54, 1.807) is 0 Å². The summed E-state index contributed by atoms with van der Waals surface area (Å²) >= 11 is 5.57. The van der Waals surface area contributed by atoms with Gasteiger partial charge in [-0.15, -0.1) is 0 Å². The first kappa shape index (κ1) is 13.7. The predicted octanol–water partition coefficient (Wildman–Crippen LogP) is 3.81. The van der Waals surface area contributed by atoms with Crippen LogP contribution < -0.4 is 5.32 Å². The summed E-state index contributed by atoms with van der Waals surface area (Å²) < 4.78 is 39.3. The minimum atomic E-state index is -0.634. The monoisotopic (exact) mass is 286 g/mol. The van der Waals surface area contributed by atoms with E-state index in [4.69, 9.17) is 11.6 Å². The molecule has 1 aromatic heterocycles. The molecule has 0 saturated carbocycles. The van der Waals surface area contributed by atoms with Gasteiger partial charge in [0.15, 0.2) is 11.6 Å². The highest BCUT2D eigenvalue weighted by molar-refractivity contribution is 6.30. The van der Waals surface area contributed by atoms with Crippen LogP contribution in [0, 0.1) is 17.5 Å². The third-order valence-corrected chi connectivity index (χ3v) is 2.64. The second kappa shape index (κ2) is 5.93. The molecule has 2 nitrogen and oxygen atoms in total. The SMILES string of the molecule is Fc1cc(F)cc(CCNc2ncc(Cl)cc2F)c1. The molecule has 2 rings (SSSR count). The van der Waals surface area contributed by atoms with Gasteiger partial charge in [-0.2, -0.15) is 0 Å². The number of anilines is 1. The lowest BCUT2D eigenvalue weighted by Crippen LogP contribution is -2.08. The van der Waals surface area contributed by atoms with E-state index >= 15 is 0 Å². The zero-order valence-electron chi connectivity index (χ0n) is 9.76. The van der Waals surface area contributed by atoms with Crippen molar-refractivity contribution < 1.29 is 13.2 Å². The number of hydrogen-bond acceptors (Lipinski definition) is 2. The highest BCUT2D eigenvalue weighted by atomic mass is 35.5. The normalized spacial score (nSPS) is 10.5. The van der Waals surface area contributed by atoms with Crippen molar-refractivity contribution in [2.75, 3.05) is 11.9 Å². The summed E-state index contributed by atoms with van der Waals surface area (Å²) in [5, 5.41) is 2.94. The molecule has 1 aromatic carbocycles. The van der Waals surface area contributed by atoms with Crippen molar-refractivity contribution in [3.8, 4) is 0 Å². The summed E-state index contributed by atoms with van der Waals surface area (Å²) in [4.78, 5) is 3.78. The second-order valence-electron chi connectivity index (χ2n) is 3.94. The summed E-state index contributed by atoms with van der Waals surface area (Å²) in [5.74, 6) is -1.78. The average molecular weight is 287 g/mol. The van der Waals surface area contributed by atoms with Crippen LogP contribution >= 0.6 is 11.6 Å². The van der Waals surface area contributed by atoms with Crippen molar-refractivity contribution in [3.63, 3.8) is 0 Å². The van der Waals surface area contributed by atoms with Gasteiger partial charge in [-0.25, -0.2) is 18.2 Å². The molecule has 0 aliphatic heterocycles. The molecule has 19 heavy (non-hydrogen) atoms. The van der Waals surface area contributed by atoms with Crippen LogP contribution in [-0.4, -0.2) is 11.5 Å². The molecule has 6 heteroatoms. The van der Waals surface area contributed by atoms with Crippen LogP contribution in [0.4, 0.5) is 19.0 Å². The van der Waals surface area contributed by atoms with Crippen LogP contribution in [0.1, 0.15) is 5.56 Å². The van der Waals surface area contributed by atoms with Gasteiger partial charge < -0.3 is 5.32 Å². The number of nitrogens with one attached hydrogen (secondary N) is 1. The van der Waals surface area contributed by atoms with Crippen LogP contribution in [0.5, 0.6) is 0 Å². The highest BCUT2D eigenvalue weighted by Crippen LogP contribution is 2.15. The summed E-state index contributed by atoms with van der Waals surface area (Å²) in [6, 6.07) is 4.41. The summed E-state index contributed by atoms with van der Waals surface area (Å²) in [6.07, 6.45) is 1.66. The topological polar surface area (TPSA) is 24.9 Å². The molecule has 0 bridgehead atoms. The van der Waals surface area contributed by atoms with E-state index in [0.29, 0.717) is 18.5 Å². The summed E-state index contributed by atoms with van der Waals surface area (Å²) in [7, 11) is 0. The van der Waals surface area contributed by atoms with E-state index in [1.807, 2.05) is 0 Å². The van der Waals surface area contributed by atoms with Gasteiger partial charge in [0.1, 0.15) is 11.6 Å². The first-order valence-corrected chi connectivity index (χ1v) is 5.92. The molecule has 2 aromatic rings. The van der Waals surface area contributed by atoms with Crippen LogP contribution in [0.3, 0.4) is 0 Å². The third-order valence-electron chi connectivity index (χ3n) is 2.44. The van der Waals surface area contributed by atoms with Gasteiger partial charge in [0.05, 0.1) is 5.02 Å². The first-order chi connectivity index (χ1) is 9.04. The van der Waals surface area contributed by atoms with Crippen LogP contribution in [0.2, 0.25) is 5.02 Å². The molecule has 0 radical (unpaired) electrons. The standard InChI is InChI=1S/C13H10ClF3N2/c14-9-5-12(17)13(19-7-9)18-2-1-8-3-10(15)6-11(16)4-8/h3-7H,1-2H2,(H,18,19). The molecule has 0 fully saturated rings. The first-order valence-electron chi connectivity index (χ1n) is 5.54. The molecular formula is C13H10ClF3N2. The Morgan fingerprint density at radius 1 is 1.05 bits per heavy atom. The Hall–Kier alpha value is -1.75. The fraction of sp³-hybridized carbons (Fsp3) is 0.154. The fourth-order valence-corrected chi connectivity index (χ4v) is 1.77. The Morgan fingerprint density at radius 2 is 1.74 bits per heavy atom. The lowest BCUT2D eigenvalue weighted by molar-refractivity contribution is 0.579. The maximum Gasteiger partial charge on any atom is 0.166 e. The quantitative estimate of drug-likeness (QED) is 0.924. The Labute approximate surface area is 113 Å². The second-order valence-corrected chi connectivity index (χ2v) is 4.37. The maximum absolute atomic E-state index is 13.4. The van der Waals surface area contributed by atoms with Crippen molar-refractivity contribution in [3.05, 3.63) is 58.5 Å². The third kappa shape index (κ3) is 3.86. The molecule has 1 N–H and O–H groups in total. The van der Waals surface area contributed by atoms with E-state index in [9.17, 15) is 13.2 Å². The van der Waals surface area contributed by atoms with Gasteiger partial charge in [0, 0.05) is 18.8 Å². The van der Waals surface area contributed by atoms with Crippen LogP contribution in [0.25, 0.3) is 0 Å². The van der Waals surface area contributed by atoms with E-state index in [2.05, 4.69) is 10.3 Å². The zero-order valence-corrected chi connectivity index (χ0v) is 10.5. The Bertz CT molecular complexity index is 570. The van der Waals surface area contributed by atoms with Crippen LogP contribution in [0.15, 0.2) is 30.5 Å². The van der Waals surface area contributed by atoms with Gasteiger partial charge in [0.25, 0.3) is 0 Å². The minimum absolute atomic E-state index is 0.0567. The Balaban J connectivity index is 1.96. The zero-order chi connectivity index (χ0) is 13.8. The lowest BCUT2D eigenvalue weighted by atomic mass is 10.1. The van der Waals surface area contributed by atoms with Gasteiger partial charge >= 0.3 is 0 Å². The minimum Gasteiger partial charge on any atom is -0.367 e. The molecule has 0 unspecified atom stereocenters. The molecule has 0 atom stereocenters. The van der Waals surface area contributed by atoms with E-state index in [-0.39, 0.29) is 10.8 Å². The van der Waals surface area contributed by atoms with Gasteiger partial charge in [-0.1, -0.05) is 11.6 Å². The Kier molecular flexibility index (Phi) is 4.27. The van der Waals surface area contributed by atoms with E-state index in [1.165, 1.54) is 18.3 Å².